The van der Waals surface area contributed by atoms with E-state index in [1.165, 1.54) is 18.4 Å². The number of fused-ring (bicyclic) bond motifs is 1. The molecule has 0 amide bonds. The van der Waals surface area contributed by atoms with E-state index in [0.29, 0.717) is 6.04 Å². The zero-order chi connectivity index (χ0) is 13.9. The first-order valence-electron chi connectivity index (χ1n) is 7.70. The number of para-hydroxylation sites is 2. The Hall–Kier alpha value is -1.82. The molecule has 1 saturated carbocycles. The van der Waals surface area contributed by atoms with E-state index in [9.17, 15) is 5.26 Å². The van der Waals surface area contributed by atoms with Crippen LogP contribution < -0.4 is 0 Å². The van der Waals surface area contributed by atoms with Gasteiger partial charge >= 0.3 is 0 Å². The second-order valence-electron chi connectivity index (χ2n) is 5.72. The van der Waals surface area contributed by atoms with E-state index in [1.54, 1.807) is 0 Å². The fourth-order valence-electron chi connectivity index (χ4n) is 3.44. The number of hydrogen-bond donors (Lipinski definition) is 0. The molecule has 1 aliphatic rings. The van der Waals surface area contributed by atoms with Crippen LogP contribution in [0.4, 0.5) is 0 Å². The zero-order valence-corrected chi connectivity index (χ0v) is 12.0. The third-order valence-electron chi connectivity index (χ3n) is 4.37. The van der Waals surface area contributed by atoms with E-state index in [4.69, 9.17) is 4.98 Å². The van der Waals surface area contributed by atoms with Crippen molar-refractivity contribution < 1.29 is 0 Å². The molecule has 0 saturated heterocycles. The molecule has 1 heterocycles. The maximum absolute atomic E-state index is 9.47. The predicted molar refractivity (Wildman–Crippen MR) is 80.3 cm³/mol. The molecule has 0 aliphatic heterocycles. The SMILES string of the molecule is CCCc1nc2ccccc2n1C1CCCCC1C#N. The van der Waals surface area contributed by atoms with Gasteiger partial charge in [-0.2, -0.15) is 5.26 Å². The lowest BCUT2D eigenvalue weighted by atomic mass is 9.85. The molecule has 1 aromatic carbocycles. The molecule has 104 valence electrons. The van der Waals surface area contributed by atoms with E-state index >= 15 is 0 Å². The first-order chi connectivity index (χ1) is 9.85. The van der Waals surface area contributed by atoms with Crippen molar-refractivity contribution in [2.24, 2.45) is 5.92 Å². The molecule has 1 aromatic heterocycles. The minimum atomic E-state index is 0.136. The highest BCUT2D eigenvalue weighted by Gasteiger charge is 2.29. The van der Waals surface area contributed by atoms with Crippen molar-refractivity contribution in [3.63, 3.8) is 0 Å². The molecule has 1 aliphatic carbocycles. The lowest BCUT2D eigenvalue weighted by molar-refractivity contribution is 0.289. The maximum Gasteiger partial charge on any atom is 0.110 e. The summed E-state index contributed by atoms with van der Waals surface area (Å²) in [6, 6.07) is 11.2. The van der Waals surface area contributed by atoms with E-state index < -0.39 is 0 Å². The molecule has 2 aromatic rings. The summed E-state index contributed by atoms with van der Waals surface area (Å²) in [6.45, 7) is 2.19. The summed E-state index contributed by atoms with van der Waals surface area (Å²) in [6.07, 6.45) is 6.62. The molecule has 2 atom stereocenters. The molecule has 20 heavy (non-hydrogen) atoms. The van der Waals surface area contributed by atoms with Crippen molar-refractivity contribution in [2.45, 2.75) is 51.5 Å². The Balaban J connectivity index is 2.12. The summed E-state index contributed by atoms with van der Waals surface area (Å²) < 4.78 is 2.37. The number of aryl methyl sites for hydroxylation is 1. The number of nitrogens with zero attached hydrogens (tertiary/aromatic N) is 3. The Morgan fingerprint density at radius 1 is 1.30 bits per heavy atom. The normalized spacial score (nSPS) is 22.8. The highest BCUT2D eigenvalue weighted by Crippen LogP contribution is 2.36. The standard InChI is InChI=1S/C17H21N3/c1-2-7-17-19-14-9-4-6-11-16(14)20(17)15-10-5-3-8-13(15)12-18/h4,6,9,11,13,15H,2-3,5,7-8,10H2,1H3. The summed E-state index contributed by atoms with van der Waals surface area (Å²) >= 11 is 0. The second kappa shape index (κ2) is 5.66. The minimum absolute atomic E-state index is 0.136. The summed E-state index contributed by atoms with van der Waals surface area (Å²) in [4.78, 5) is 4.80. The average molecular weight is 267 g/mol. The second-order valence-corrected chi connectivity index (χ2v) is 5.72. The third kappa shape index (κ3) is 2.20. The Morgan fingerprint density at radius 2 is 2.10 bits per heavy atom. The van der Waals surface area contributed by atoms with Crippen molar-refractivity contribution >= 4 is 11.0 Å². The third-order valence-corrected chi connectivity index (χ3v) is 4.37. The van der Waals surface area contributed by atoms with Gasteiger partial charge in [0.05, 0.1) is 29.1 Å². The van der Waals surface area contributed by atoms with Gasteiger partial charge in [-0.1, -0.05) is 31.9 Å². The molecule has 0 N–H and O–H groups in total. The molecule has 3 heteroatoms. The van der Waals surface area contributed by atoms with Crippen LogP contribution in [0.15, 0.2) is 24.3 Å². The van der Waals surface area contributed by atoms with Gasteiger partial charge < -0.3 is 4.57 Å². The molecular formula is C17H21N3. The average Bonchev–Trinajstić information content (AvgIpc) is 2.85. The van der Waals surface area contributed by atoms with Crippen molar-refractivity contribution in [1.82, 2.24) is 9.55 Å². The van der Waals surface area contributed by atoms with Gasteiger partial charge in [0.2, 0.25) is 0 Å². The maximum atomic E-state index is 9.47. The van der Waals surface area contributed by atoms with Gasteiger partial charge in [0.15, 0.2) is 0 Å². The van der Waals surface area contributed by atoms with Crippen LogP contribution in [0.3, 0.4) is 0 Å². The van der Waals surface area contributed by atoms with E-state index in [-0.39, 0.29) is 5.92 Å². The van der Waals surface area contributed by atoms with Gasteiger partial charge in [-0.3, -0.25) is 0 Å². The van der Waals surface area contributed by atoms with Gasteiger partial charge in [-0.15, -0.1) is 0 Å². The Morgan fingerprint density at radius 3 is 2.90 bits per heavy atom. The van der Waals surface area contributed by atoms with Crippen molar-refractivity contribution in [1.29, 1.82) is 5.26 Å². The van der Waals surface area contributed by atoms with E-state index in [2.05, 4.69) is 35.8 Å². The van der Waals surface area contributed by atoms with Crippen LogP contribution >= 0.6 is 0 Å². The molecule has 3 rings (SSSR count). The fraction of sp³-hybridized carbons (Fsp3) is 0.529. The predicted octanol–water partition coefficient (Wildman–Crippen LogP) is 4.24. The highest BCUT2D eigenvalue weighted by atomic mass is 15.1. The van der Waals surface area contributed by atoms with Crippen molar-refractivity contribution in [3.8, 4) is 6.07 Å². The van der Waals surface area contributed by atoms with Crippen LogP contribution in [0.2, 0.25) is 0 Å². The van der Waals surface area contributed by atoms with Crippen molar-refractivity contribution in [2.75, 3.05) is 0 Å². The largest absolute Gasteiger partial charge is 0.324 e. The van der Waals surface area contributed by atoms with Crippen LogP contribution in [-0.2, 0) is 6.42 Å². The number of aromatic nitrogens is 2. The summed E-state index contributed by atoms with van der Waals surface area (Å²) in [5.74, 6) is 1.29. The van der Waals surface area contributed by atoms with Crippen LogP contribution in [0.25, 0.3) is 11.0 Å². The number of imidazole rings is 1. The Labute approximate surface area is 120 Å². The number of benzene rings is 1. The lowest BCUT2D eigenvalue weighted by Gasteiger charge is -2.29. The minimum Gasteiger partial charge on any atom is -0.324 e. The molecule has 0 radical (unpaired) electrons. The Bertz CT molecular complexity index is 635. The molecule has 1 fully saturated rings. The number of hydrogen-bond acceptors (Lipinski definition) is 2. The topological polar surface area (TPSA) is 41.6 Å². The lowest BCUT2D eigenvalue weighted by Crippen LogP contribution is -2.23. The van der Waals surface area contributed by atoms with Crippen LogP contribution in [-0.4, -0.2) is 9.55 Å². The molecule has 3 nitrogen and oxygen atoms in total. The van der Waals surface area contributed by atoms with Gasteiger partial charge in [-0.05, 0) is 31.4 Å². The molecule has 0 bridgehead atoms. The zero-order valence-electron chi connectivity index (χ0n) is 12.0. The monoisotopic (exact) mass is 267 g/mol. The number of nitriles is 1. The van der Waals surface area contributed by atoms with Crippen LogP contribution in [0.1, 0.15) is 50.9 Å². The van der Waals surface area contributed by atoms with Crippen LogP contribution in [0.5, 0.6) is 0 Å². The summed E-state index contributed by atoms with van der Waals surface area (Å²) in [7, 11) is 0. The highest BCUT2D eigenvalue weighted by molar-refractivity contribution is 5.76. The van der Waals surface area contributed by atoms with Gasteiger partial charge in [0, 0.05) is 6.42 Å². The van der Waals surface area contributed by atoms with Gasteiger partial charge in [0.25, 0.3) is 0 Å². The quantitative estimate of drug-likeness (QED) is 0.834. The van der Waals surface area contributed by atoms with Crippen LogP contribution in [0, 0.1) is 17.2 Å². The Kier molecular flexibility index (Phi) is 3.73. The van der Waals surface area contributed by atoms with Gasteiger partial charge in [-0.25, -0.2) is 4.98 Å². The first kappa shape index (κ1) is 13.2. The number of rotatable bonds is 3. The van der Waals surface area contributed by atoms with E-state index in [1.807, 2.05) is 6.07 Å². The summed E-state index contributed by atoms with van der Waals surface area (Å²) in [5.41, 5.74) is 2.27. The molecule has 2 unspecified atom stereocenters. The van der Waals surface area contributed by atoms with E-state index in [0.717, 1.165) is 37.0 Å². The first-order valence-corrected chi connectivity index (χ1v) is 7.70. The van der Waals surface area contributed by atoms with Gasteiger partial charge in [0.1, 0.15) is 5.82 Å². The fourth-order valence-corrected chi connectivity index (χ4v) is 3.44. The van der Waals surface area contributed by atoms with Crippen molar-refractivity contribution in [3.05, 3.63) is 30.1 Å². The smallest absolute Gasteiger partial charge is 0.110 e. The molecule has 0 spiro atoms. The molecular weight excluding hydrogens is 246 g/mol. The summed E-state index contributed by atoms with van der Waals surface area (Å²) in [5, 5.41) is 9.47.